The highest BCUT2D eigenvalue weighted by Crippen LogP contribution is 2.20. The van der Waals surface area contributed by atoms with Gasteiger partial charge in [0.2, 0.25) is 0 Å². The van der Waals surface area contributed by atoms with Gasteiger partial charge in [0.15, 0.2) is 0 Å². The molecule has 1 atom stereocenters. The van der Waals surface area contributed by atoms with Gasteiger partial charge in [-0.1, -0.05) is 19.1 Å². The molecular weight excluding hydrogens is 262 g/mol. The van der Waals surface area contributed by atoms with Crippen LogP contribution in [0.15, 0.2) is 42.5 Å². The van der Waals surface area contributed by atoms with Crippen LogP contribution in [0.4, 0.5) is 8.78 Å². The number of aliphatic hydroxyl groups excluding tert-OH is 1. The number of halogens is 2. The molecule has 0 saturated carbocycles. The second-order valence-electron chi connectivity index (χ2n) is 4.56. The highest BCUT2D eigenvalue weighted by Gasteiger charge is 2.05. The van der Waals surface area contributed by atoms with Crippen molar-refractivity contribution < 1.29 is 18.6 Å². The van der Waals surface area contributed by atoms with Crippen LogP contribution >= 0.6 is 0 Å². The van der Waals surface area contributed by atoms with Crippen molar-refractivity contribution in [3.63, 3.8) is 0 Å². The lowest BCUT2D eigenvalue weighted by molar-refractivity contribution is 0.173. The fraction of sp³-hybridized carbons (Fsp3) is 0.250. The average molecular weight is 278 g/mol. The number of rotatable bonds is 5. The third-order valence-electron chi connectivity index (χ3n) is 2.98. The zero-order chi connectivity index (χ0) is 14.5. The molecule has 0 fully saturated rings. The third kappa shape index (κ3) is 3.78. The largest absolute Gasteiger partial charge is 0.489 e. The van der Waals surface area contributed by atoms with Crippen molar-refractivity contribution in [3.05, 3.63) is 65.2 Å². The third-order valence-corrected chi connectivity index (χ3v) is 2.98. The molecule has 0 aliphatic heterocycles. The Kier molecular flexibility index (Phi) is 4.69. The Hall–Kier alpha value is -1.94. The molecule has 2 aromatic carbocycles. The number of hydrogen-bond acceptors (Lipinski definition) is 2. The van der Waals surface area contributed by atoms with E-state index in [0.717, 1.165) is 11.6 Å². The van der Waals surface area contributed by atoms with E-state index in [1.54, 1.807) is 24.3 Å². The topological polar surface area (TPSA) is 29.5 Å². The van der Waals surface area contributed by atoms with E-state index in [-0.39, 0.29) is 6.61 Å². The van der Waals surface area contributed by atoms with Gasteiger partial charge in [-0.05, 0) is 41.8 Å². The Morgan fingerprint density at radius 3 is 2.20 bits per heavy atom. The standard InChI is InChI=1S/C16H16F2O2/c1-2-16(19)12-3-5-15(6-4-12)20-10-11-7-13(17)9-14(18)8-11/h3-9,16,19H,2,10H2,1H3/t16-/m0/s1. The van der Waals surface area contributed by atoms with Crippen LogP contribution in [-0.4, -0.2) is 5.11 Å². The molecule has 106 valence electrons. The first-order valence-corrected chi connectivity index (χ1v) is 6.44. The van der Waals surface area contributed by atoms with E-state index in [0.29, 0.717) is 17.7 Å². The summed E-state index contributed by atoms with van der Waals surface area (Å²) in [6.45, 7) is 1.98. The summed E-state index contributed by atoms with van der Waals surface area (Å²) in [4.78, 5) is 0. The Morgan fingerprint density at radius 2 is 1.65 bits per heavy atom. The summed E-state index contributed by atoms with van der Waals surface area (Å²) in [6.07, 6.45) is 0.157. The van der Waals surface area contributed by atoms with Gasteiger partial charge in [-0.2, -0.15) is 0 Å². The van der Waals surface area contributed by atoms with Crippen LogP contribution in [-0.2, 0) is 6.61 Å². The van der Waals surface area contributed by atoms with Crippen LogP contribution in [0.2, 0.25) is 0 Å². The summed E-state index contributed by atoms with van der Waals surface area (Å²) < 4.78 is 31.5. The molecule has 0 unspecified atom stereocenters. The van der Waals surface area contributed by atoms with Gasteiger partial charge < -0.3 is 9.84 Å². The molecule has 20 heavy (non-hydrogen) atoms. The maximum atomic E-state index is 13.0. The van der Waals surface area contributed by atoms with Gasteiger partial charge in [-0.3, -0.25) is 0 Å². The molecule has 0 radical (unpaired) electrons. The van der Waals surface area contributed by atoms with Crippen molar-refractivity contribution in [1.29, 1.82) is 0 Å². The Balaban J connectivity index is 2.00. The average Bonchev–Trinajstić information content (AvgIpc) is 2.44. The Bertz CT molecular complexity index is 547. The van der Waals surface area contributed by atoms with E-state index in [2.05, 4.69) is 0 Å². The van der Waals surface area contributed by atoms with Crippen LogP contribution in [0.3, 0.4) is 0 Å². The first kappa shape index (κ1) is 14.5. The number of aliphatic hydroxyl groups is 1. The number of hydrogen-bond donors (Lipinski definition) is 1. The molecule has 2 aromatic rings. The van der Waals surface area contributed by atoms with Crippen molar-refractivity contribution in [3.8, 4) is 5.75 Å². The SMILES string of the molecule is CC[C@H](O)c1ccc(OCc2cc(F)cc(F)c2)cc1. The molecule has 1 N–H and O–H groups in total. The lowest BCUT2D eigenvalue weighted by Gasteiger charge is -2.10. The van der Waals surface area contributed by atoms with Gasteiger partial charge in [-0.25, -0.2) is 8.78 Å². The van der Waals surface area contributed by atoms with Gasteiger partial charge in [0.05, 0.1) is 6.10 Å². The molecule has 0 heterocycles. The van der Waals surface area contributed by atoms with Crippen molar-refractivity contribution >= 4 is 0 Å². The highest BCUT2D eigenvalue weighted by atomic mass is 19.1. The van der Waals surface area contributed by atoms with E-state index in [1.807, 2.05) is 6.92 Å². The van der Waals surface area contributed by atoms with Gasteiger partial charge in [0.25, 0.3) is 0 Å². The Labute approximate surface area is 116 Å². The second-order valence-corrected chi connectivity index (χ2v) is 4.56. The van der Waals surface area contributed by atoms with Gasteiger partial charge in [-0.15, -0.1) is 0 Å². The summed E-state index contributed by atoms with van der Waals surface area (Å²) in [6, 6.07) is 10.3. The molecule has 0 amide bonds. The van der Waals surface area contributed by atoms with Crippen LogP contribution in [0.5, 0.6) is 5.75 Å². The fourth-order valence-electron chi connectivity index (χ4n) is 1.88. The molecule has 0 aliphatic carbocycles. The minimum atomic E-state index is -0.620. The smallest absolute Gasteiger partial charge is 0.126 e. The minimum absolute atomic E-state index is 0.0877. The molecule has 2 rings (SSSR count). The van der Waals surface area contributed by atoms with E-state index in [9.17, 15) is 13.9 Å². The first-order chi connectivity index (χ1) is 9.58. The lowest BCUT2D eigenvalue weighted by atomic mass is 10.1. The van der Waals surface area contributed by atoms with E-state index >= 15 is 0 Å². The summed E-state index contributed by atoms with van der Waals surface area (Å²) in [5.74, 6) is -0.656. The number of ether oxygens (including phenoxy) is 1. The number of benzene rings is 2. The maximum absolute atomic E-state index is 13.0. The van der Waals surface area contributed by atoms with E-state index in [4.69, 9.17) is 4.74 Å². The molecule has 2 nitrogen and oxygen atoms in total. The molecular formula is C16H16F2O2. The van der Waals surface area contributed by atoms with Crippen molar-refractivity contribution in [2.24, 2.45) is 0 Å². The Morgan fingerprint density at radius 1 is 1.05 bits per heavy atom. The molecule has 0 bridgehead atoms. The van der Waals surface area contributed by atoms with Gasteiger partial charge in [0.1, 0.15) is 24.0 Å². The van der Waals surface area contributed by atoms with Crippen molar-refractivity contribution in [1.82, 2.24) is 0 Å². The van der Waals surface area contributed by atoms with E-state index < -0.39 is 17.7 Å². The normalized spacial score (nSPS) is 12.2. The van der Waals surface area contributed by atoms with E-state index in [1.165, 1.54) is 12.1 Å². The van der Waals surface area contributed by atoms with Crippen LogP contribution in [0.25, 0.3) is 0 Å². The summed E-state index contributed by atoms with van der Waals surface area (Å²) in [5, 5.41) is 9.66. The fourth-order valence-corrected chi connectivity index (χ4v) is 1.88. The monoisotopic (exact) mass is 278 g/mol. The first-order valence-electron chi connectivity index (χ1n) is 6.44. The van der Waals surface area contributed by atoms with Crippen molar-refractivity contribution in [2.45, 2.75) is 26.1 Å². The lowest BCUT2D eigenvalue weighted by Crippen LogP contribution is -1.98. The van der Waals surface area contributed by atoms with Gasteiger partial charge in [0, 0.05) is 6.07 Å². The molecule has 0 spiro atoms. The maximum Gasteiger partial charge on any atom is 0.126 e. The quantitative estimate of drug-likeness (QED) is 0.896. The van der Waals surface area contributed by atoms with Crippen LogP contribution < -0.4 is 4.74 Å². The van der Waals surface area contributed by atoms with Crippen molar-refractivity contribution in [2.75, 3.05) is 0 Å². The molecule has 0 aromatic heterocycles. The zero-order valence-electron chi connectivity index (χ0n) is 11.1. The molecule has 0 saturated heterocycles. The predicted octanol–water partition coefficient (Wildman–Crippen LogP) is 3.99. The highest BCUT2D eigenvalue weighted by molar-refractivity contribution is 5.29. The summed E-state index contributed by atoms with van der Waals surface area (Å²) in [7, 11) is 0. The predicted molar refractivity (Wildman–Crippen MR) is 72.4 cm³/mol. The summed E-state index contributed by atoms with van der Waals surface area (Å²) in [5.41, 5.74) is 1.25. The summed E-state index contributed by atoms with van der Waals surface area (Å²) >= 11 is 0. The second kappa shape index (κ2) is 6.48. The van der Waals surface area contributed by atoms with Crippen LogP contribution in [0, 0.1) is 11.6 Å². The molecule has 4 heteroatoms. The van der Waals surface area contributed by atoms with Crippen LogP contribution in [0.1, 0.15) is 30.6 Å². The zero-order valence-corrected chi connectivity index (χ0v) is 11.1. The molecule has 0 aliphatic rings. The van der Waals surface area contributed by atoms with Gasteiger partial charge >= 0.3 is 0 Å². The minimum Gasteiger partial charge on any atom is -0.489 e.